The van der Waals surface area contributed by atoms with E-state index >= 15 is 0 Å². The Bertz CT molecular complexity index is 1320. The molecule has 5 rings (SSSR count). The van der Waals surface area contributed by atoms with Gasteiger partial charge in [0.25, 0.3) is 17.7 Å². The molecule has 3 heterocycles. The van der Waals surface area contributed by atoms with Crippen molar-refractivity contribution in [2.75, 3.05) is 20.2 Å². The first kappa shape index (κ1) is 20.6. The van der Waals surface area contributed by atoms with Gasteiger partial charge in [-0.15, -0.1) is 0 Å². The van der Waals surface area contributed by atoms with Gasteiger partial charge in [0.15, 0.2) is 5.54 Å². The van der Waals surface area contributed by atoms with Crippen LogP contribution in [0.25, 0.3) is 10.9 Å². The van der Waals surface area contributed by atoms with Crippen LogP contribution < -0.4 is 20.7 Å². The molecule has 33 heavy (non-hydrogen) atoms. The van der Waals surface area contributed by atoms with Crippen LogP contribution in [0.3, 0.4) is 0 Å². The maximum absolute atomic E-state index is 12.9. The monoisotopic (exact) mass is 447 g/mol. The number of hydrogen-bond donors (Lipinski definition) is 4. The number of carbonyl (C=O) groups excluding carboxylic acids is 4. The Balaban J connectivity index is 1.35. The second-order valence-electron chi connectivity index (χ2n) is 8.14. The SMILES string of the molecule is COc1ccc2c(c1)CN(CC1(CNC(=O)c3ccc4cc[nH]c4c3)NC(=O)NC1=O)C2=O. The Hall–Kier alpha value is -4.34. The number of H-pyrrole nitrogens is 1. The zero-order valence-corrected chi connectivity index (χ0v) is 17.7. The quantitative estimate of drug-likeness (QED) is 0.421. The van der Waals surface area contributed by atoms with Gasteiger partial charge in [-0.2, -0.15) is 0 Å². The molecule has 1 atom stereocenters. The number of urea groups is 1. The van der Waals surface area contributed by atoms with E-state index in [9.17, 15) is 19.2 Å². The van der Waals surface area contributed by atoms with Gasteiger partial charge in [-0.3, -0.25) is 19.7 Å². The highest BCUT2D eigenvalue weighted by Crippen LogP contribution is 2.28. The molecule has 0 aliphatic carbocycles. The number of aromatic amines is 1. The molecule has 5 amide bonds. The lowest BCUT2D eigenvalue weighted by Crippen LogP contribution is -2.61. The lowest BCUT2D eigenvalue weighted by atomic mass is 9.98. The molecule has 3 aromatic rings. The van der Waals surface area contributed by atoms with Crippen molar-refractivity contribution in [2.45, 2.75) is 12.1 Å². The lowest BCUT2D eigenvalue weighted by molar-refractivity contribution is -0.124. The topological polar surface area (TPSA) is 133 Å². The fraction of sp³-hybridized carbons (Fsp3) is 0.217. The molecular weight excluding hydrogens is 426 g/mol. The number of methoxy groups -OCH3 is 1. The van der Waals surface area contributed by atoms with E-state index < -0.39 is 23.4 Å². The van der Waals surface area contributed by atoms with Crippen molar-refractivity contribution in [2.24, 2.45) is 0 Å². The molecule has 10 nitrogen and oxygen atoms in total. The lowest BCUT2D eigenvalue weighted by Gasteiger charge is -2.31. The molecule has 0 spiro atoms. The molecule has 1 aromatic heterocycles. The van der Waals surface area contributed by atoms with E-state index in [1.807, 2.05) is 12.1 Å². The zero-order chi connectivity index (χ0) is 23.2. The molecule has 168 valence electrons. The zero-order valence-electron chi connectivity index (χ0n) is 17.7. The minimum absolute atomic E-state index is 0.101. The van der Waals surface area contributed by atoms with Gasteiger partial charge < -0.3 is 25.3 Å². The van der Waals surface area contributed by atoms with E-state index in [-0.39, 0.29) is 25.5 Å². The van der Waals surface area contributed by atoms with Crippen molar-refractivity contribution in [3.05, 3.63) is 65.4 Å². The number of carbonyl (C=O) groups is 4. The van der Waals surface area contributed by atoms with Crippen molar-refractivity contribution in [1.29, 1.82) is 0 Å². The first-order valence-corrected chi connectivity index (χ1v) is 10.3. The van der Waals surface area contributed by atoms with E-state index in [0.29, 0.717) is 16.9 Å². The van der Waals surface area contributed by atoms with Gasteiger partial charge in [0, 0.05) is 29.4 Å². The smallest absolute Gasteiger partial charge is 0.322 e. The number of hydrogen-bond acceptors (Lipinski definition) is 5. The standard InChI is InChI=1S/C23H21N5O5/c1-33-16-4-5-17-15(8-16)10-28(20(17)30)12-23(21(31)26-22(32)27-23)11-25-19(29)14-3-2-13-6-7-24-18(13)9-14/h2-9,24H,10-12H2,1H3,(H,25,29)(H2,26,27,31,32). The second kappa shape index (κ2) is 7.66. The average molecular weight is 447 g/mol. The summed E-state index contributed by atoms with van der Waals surface area (Å²) in [4.78, 5) is 55.0. The summed E-state index contributed by atoms with van der Waals surface area (Å²) in [5.41, 5.74) is 0.994. The predicted octanol–water partition coefficient (Wildman–Crippen LogP) is 1.14. The Morgan fingerprint density at radius 2 is 2.00 bits per heavy atom. The summed E-state index contributed by atoms with van der Waals surface area (Å²) in [5, 5.41) is 8.52. The summed E-state index contributed by atoms with van der Waals surface area (Å²) in [5.74, 6) is -0.643. The first-order chi connectivity index (χ1) is 15.9. The number of nitrogens with zero attached hydrogens (tertiary/aromatic N) is 1. The third-order valence-corrected chi connectivity index (χ3v) is 6.03. The molecule has 0 radical (unpaired) electrons. The largest absolute Gasteiger partial charge is 0.497 e. The van der Waals surface area contributed by atoms with Crippen molar-refractivity contribution in [3.63, 3.8) is 0 Å². The van der Waals surface area contributed by atoms with Crippen LogP contribution in [0.2, 0.25) is 0 Å². The average Bonchev–Trinajstić information content (AvgIpc) is 3.47. The highest BCUT2D eigenvalue weighted by molar-refractivity contribution is 6.08. The van der Waals surface area contributed by atoms with Gasteiger partial charge in [0.05, 0.1) is 20.2 Å². The minimum atomic E-state index is -1.49. The predicted molar refractivity (Wildman–Crippen MR) is 118 cm³/mol. The Labute approximate surface area is 188 Å². The molecule has 2 aliphatic heterocycles. The summed E-state index contributed by atoms with van der Waals surface area (Å²) in [6.07, 6.45) is 1.78. The normalized spacial score (nSPS) is 19.4. The van der Waals surface area contributed by atoms with E-state index in [1.54, 1.807) is 43.6 Å². The van der Waals surface area contributed by atoms with E-state index in [2.05, 4.69) is 20.9 Å². The van der Waals surface area contributed by atoms with Gasteiger partial charge in [0.2, 0.25) is 0 Å². The van der Waals surface area contributed by atoms with Crippen molar-refractivity contribution < 1.29 is 23.9 Å². The number of imide groups is 1. The number of amides is 5. The van der Waals surface area contributed by atoms with Gasteiger partial charge in [-0.1, -0.05) is 6.07 Å². The molecule has 1 unspecified atom stereocenters. The van der Waals surface area contributed by atoms with Crippen LogP contribution in [0.5, 0.6) is 5.75 Å². The number of aromatic nitrogens is 1. The van der Waals surface area contributed by atoms with Crippen LogP contribution in [0.4, 0.5) is 4.79 Å². The van der Waals surface area contributed by atoms with Crippen LogP contribution in [0.15, 0.2) is 48.7 Å². The van der Waals surface area contributed by atoms with Gasteiger partial charge in [0.1, 0.15) is 5.75 Å². The summed E-state index contributed by atoms with van der Waals surface area (Å²) >= 11 is 0. The van der Waals surface area contributed by atoms with Crippen LogP contribution in [-0.2, 0) is 11.3 Å². The molecule has 0 bridgehead atoms. The summed E-state index contributed by atoms with van der Waals surface area (Å²) in [7, 11) is 1.54. The van der Waals surface area contributed by atoms with Gasteiger partial charge >= 0.3 is 6.03 Å². The number of benzene rings is 2. The second-order valence-corrected chi connectivity index (χ2v) is 8.14. The number of fused-ring (bicyclic) bond motifs is 2. The third-order valence-electron chi connectivity index (χ3n) is 6.03. The fourth-order valence-electron chi connectivity index (χ4n) is 4.28. The first-order valence-electron chi connectivity index (χ1n) is 10.3. The maximum Gasteiger partial charge on any atom is 0.322 e. The Morgan fingerprint density at radius 1 is 1.15 bits per heavy atom. The Morgan fingerprint density at radius 3 is 2.76 bits per heavy atom. The maximum atomic E-state index is 12.9. The van der Waals surface area contributed by atoms with Crippen LogP contribution in [0.1, 0.15) is 26.3 Å². The molecular formula is C23H21N5O5. The Kier molecular flexibility index (Phi) is 4.77. The fourth-order valence-corrected chi connectivity index (χ4v) is 4.28. The van der Waals surface area contributed by atoms with Crippen LogP contribution in [-0.4, -0.2) is 59.4 Å². The van der Waals surface area contributed by atoms with Crippen LogP contribution in [0, 0.1) is 0 Å². The molecule has 1 saturated heterocycles. The minimum Gasteiger partial charge on any atom is -0.497 e. The number of rotatable bonds is 6. The summed E-state index contributed by atoms with van der Waals surface area (Å²) < 4.78 is 5.22. The van der Waals surface area contributed by atoms with E-state index in [1.165, 1.54) is 4.90 Å². The number of nitrogens with one attached hydrogen (secondary N) is 4. The summed E-state index contributed by atoms with van der Waals surface area (Å²) in [6, 6.07) is 11.6. The van der Waals surface area contributed by atoms with Crippen molar-refractivity contribution in [3.8, 4) is 5.75 Å². The molecule has 2 aliphatic rings. The van der Waals surface area contributed by atoms with Crippen molar-refractivity contribution in [1.82, 2.24) is 25.8 Å². The summed E-state index contributed by atoms with van der Waals surface area (Å²) in [6.45, 7) is -0.0281. The molecule has 10 heteroatoms. The van der Waals surface area contributed by atoms with Crippen molar-refractivity contribution >= 4 is 34.7 Å². The van der Waals surface area contributed by atoms with Crippen LogP contribution >= 0.6 is 0 Å². The third kappa shape index (κ3) is 3.55. The van der Waals surface area contributed by atoms with Gasteiger partial charge in [-0.25, -0.2) is 4.79 Å². The van der Waals surface area contributed by atoms with Gasteiger partial charge in [-0.05, 0) is 47.3 Å². The van der Waals surface area contributed by atoms with E-state index in [0.717, 1.165) is 16.5 Å². The molecule has 4 N–H and O–H groups in total. The molecule has 0 saturated carbocycles. The highest BCUT2D eigenvalue weighted by Gasteiger charge is 2.49. The number of ether oxygens (including phenoxy) is 1. The highest BCUT2D eigenvalue weighted by atomic mass is 16.5. The molecule has 1 fully saturated rings. The molecule has 2 aromatic carbocycles. The van der Waals surface area contributed by atoms with E-state index in [4.69, 9.17) is 4.74 Å².